The van der Waals surface area contributed by atoms with Crippen LogP contribution in [0.2, 0.25) is 5.02 Å². The molecule has 1 unspecified atom stereocenters. The number of esters is 1. The Bertz CT molecular complexity index is 468. The Hall–Kier alpha value is -1.24. The Morgan fingerprint density at radius 3 is 2.67 bits per heavy atom. The highest BCUT2D eigenvalue weighted by Gasteiger charge is 2.13. The zero-order valence-corrected chi connectivity index (χ0v) is 13.4. The minimum absolute atomic E-state index is 0.0541. The maximum absolute atomic E-state index is 11.6. The first-order valence-electron chi connectivity index (χ1n) is 6.45. The van der Waals surface area contributed by atoms with Gasteiger partial charge in [0.2, 0.25) is 5.91 Å². The molecule has 3 N–H and O–H groups in total. The molecule has 21 heavy (non-hydrogen) atoms. The first-order chi connectivity index (χ1) is 10.0. The molecule has 0 saturated heterocycles. The van der Waals surface area contributed by atoms with Gasteiger partial charge < -0.3 is 15.8 Å². The van der Waals surface area contributed by atoms with E-state index in [1.807, 2.05) is 12.1 Å². The van der Waals surface area contributed by atoms with Crippen LogP contribution in [0.5, 0.6) is 0 Å². The third-order valence-electron chi connectivity index (χ3n) is 2.71. The van der Waals surface area contributed by atoms with Crippen molar-refractivity contribution in [1.29, 1.82) is 0 Å². The van der Waals surface area contributed by atoms with Gasteiger partial charge in [0, 0.05) is 11.6 Å². The smallest absolute Gasteiger partial charge is 0.322 e. The summed E-state index contributed by atoms with van der Waals surface area (Å²) in [6.45, 7) is 0.470. The molecule has 0 aliphatic carbocycles. The van der Waals surface area contributed by atoms with Gasteiger partial charge in [-0.05, 0) is 29.9 Å². The van der Waals surface area contributed by atoms with Crippen molar-refractivity contribution in [2.45, 2.75) is 19.0 Å². The summed E-state index contributed by atoms with van der Waals surface area (Å²) < 4.78 is 4.52. The van der Waals surface area contributed by atoms with Gasteiger partial charge in [-0.1, -0.05) is 23.7 Å². The summed E-state index contributed by atoms with van der Waals surface area (Å²) in [5.41, 5.74) is 6.58. The monoisotopic (exact) mass is 330 g/mol. The average Bonchev–Trinajstić information content (AvgIpc) is 2.49. The minimum atomic E-state index is -0.625. The molecule has 1 rings (SSSR count). The van der Waals surface area contributed by atoms with Crippen LogP contribution >= 0.6 is 23.4 Å². The molecule has 0 aliphatic heterocycles. The van der Waals surface area contributed by atoms with Gasteiger partial charge in [0.05, 0.1) is 12.9 Å². The lowest BCUT2D eigenvalue weighted by atomic mass is 10.2. The molecular weight excluding hydrogens is 312 g/mol. The number of nitrogens with two attached hydrogens (primary N) is 1. The van der Waals surface area contributed by atoms with Crippen LogP contribution in [-0.4, -0.2) is 36.5 Å². The van der Waals surface area contributed by atoms with Crippen LogP contribution in [0.25, 0.3) is 0 Å². The second-order valence-electron chi connectivity index (χ2n) is 4.37. The molecule has 7 heteroatoms. The Balaban J connectivity index is 2.14. The number of hydrogen-bond acceptors (Lipinski definition) is 5. The molecule has 0 fully saturated rings. The standard InChI is InChI=1S/C14H19ClN2O3S/c1-20-14(19)12(16)6-7-21-9-13(18)17-8-10-2-4-11(15)5-3-10/h2-5,12H,6-9,16H2,1H3,(H,17,18). The number of rotatable bonds is 8. The van der Waals surface area contributed by atoms with Crippen molar-refractivity contribution >= 4 is 35.2 Å². The molecular formula is C14H19ClN2O3S. The molecule has 5 nitrogen and oxygen atoms in total. The van der Waals surface area contributed by atoms with Crippen LogP contribution in [-0.2, 0) is 20.9 Å². The van der Waals surface area contributed by atoms with Gasteiger partial charge in [0.25, 0.3) is 0 Å². The number of hydrogen-bond donors (Lipinski definition) is 2. The van der Waals surface area contributed by atoms with E-state index in [1.165, 1.54) is 18.9 Å². The number of ether oxygens (including phenoxy) is 1. The van der Waals surface area contributed by atoms with Crippen LogP contribution in [0.3, 0.4) is 0 Å². The zero-order chi connectivity index (χ0) is 15.7. The molecule has 0 aliphatic rings. The van der Waals surface area contributed by atoms with Crippen LogP contribution in [0.15, 0.2) is 24.3 Å². The second kappa shape index (κ2) is 9.65. The van der Waals surface area contributed by atoms with E-state index in [-0.39, 0.29) is 5.91 Å². The van der Waals surface area contributed by atoms with E-state index < -0.39 is 12.0 Å². The van der Waals surface area contributed by atoms with E-state index in [2.05, 4.69) is 10.1 Å². The van der Waals surface area contributed by atoms with Crippen molar-refractivity contribution in [3.8, 4) is 0 Å². The summed E-state index contributed by atoms with van der Waals surface area (Å²) in [4.78, 5) is 22.7. The quantitative estimate of drug-likeness (QED) is 0.558. The van der Waals surface area contributed by atoms with Crippen molar-refractivity contribution < 1.29 is 14.3 Å². The fourth-order valence-electron chi connectivity index (χ4n) is 1.50. The summed E-state index contributed by atoms with van der Waals surface area (Å²) in [5, 5.41) is 3.48. The highest BCUT2D eigenvalue weighted by Crippen LogP contribution is 2.09. The molecule has 0 heterocycles. The predicted octanol–water partition coefficient (Wildman–Crippen LogP) is 1.58. The number of carbonyl (C=O) groups is 2. The van der Waals surface area contributed by atoms with Gasteiger partial charge >= 0.3 is 5.97 Å². The average molecular weight is 331 g/mol. The molecule has 1 atom stereocenters. The lowest BCUT2D eigenvalue weighted by Gasteiger charge is -2.09. The summed E-state index contributed by atoms with van der Waals surface area (Å²) in [6.07, 6.45) is 0.488. The highest BCUT2D eigenvalue weighted by atomic mass is 35.5. The van der Waals surface area contributed by atoms with Crippen molar-refractivity contribution in [2.75, 3.05) is 18.6 Å². The first kappa shape index (κ1) is 17.8. The maximum atomic E-state index is 11.6. The van der Waals surface area contributed by atoms with E-state index in [0.717, 1.165) is 5.56 Å². The molecule has 0 spiro atoms. The highest BCUT2D eigenvalue weighted by molar-refractivity contribution is 7.99. The number of methoxy groups -OCH3 is 1. The molecule has 0 radical (unpaired) electrons. The topological polar surface area (TPSA) is 81.4 Å². The third kappa shape index (κ3) is 7.36. The minimum Gasteiger partial charge on any atom is -0.468 e. The number of nitrogens with one attached hydrogen (secondary N) is 1. The normalized spacial score (nSPS) is 11.8. The zero-order valence-electron chi connectivity index (χ0n) is 11.8. The summed E-state index contributed by atoms with van der Waals surface area (Å²) >= 11 is 7.22. The maximum Gasteiger partial charge on any atom is 0.322 e. The molecule has 1 amide bonds. The van der Waals surface area contributed by atoms with Gasteiger partial charge in [-0.25, -0.2) is 0 Å². The van der Waals surface area contributed by atoms with E-state index in [9.17, 15) is 9.59 Å². The Labute approximate surface area is 133 Å². The van der Waals surface area contributed by atoms with E-state index in [0.29, 0.717) is 29.5 Å². The molecule has 116 valence electrons. The number of halogens is 1. The van der Waals surface area contributed by atoms with Crippen LogP contribution in [0.4, 0.5) is 0 Å². The lowest BCUT2D eigenvalue weighted by Crippen LogP contribution is -2.32. The predicted molar refractivity (Wildman–Crippen MR) is 85.2 cm³/mol. The fraction of sp³-hybridized carbons (Fsp3) is 0.429. The van der Waals surface area contributed by atoms with Gasteiger partial charge in [-0.3, -0.25) is 9.59 Å². The van der Waals surface area contributed by atoms with Gasteiger partial charge in [0.1, 0.15) is 6.04 Å². The van der Waals surface area contributed by atoms with Crippen molar-refractivity contribution in [3.05, 3.63) is 34.9 Å². The Kier molecular flexibility index (Phi) is 8.19. The summed E-state index contributed by atoms with van der Waals surface area (Å²) in [7, 11) is 1.31. The fourth-order valence-corrected chi connectivity index (χ4v) is 2.48. The van der Waals surface area contributed by atoms with Gasteiger partial charge in [0.15, 0.2) is 0 Å². The number of benzene rings is 1. The summed E-state index contributed by atoms with van der Waals surface area (Å²) in [6, 6.07) is 6.67. The lowest BCUT2D eigenvalue weighted by molar-refractivity contribution is -0.142. The van der Waals surface area contributed by atoms with Gasteiger partial charge in [-0.15, -0.1) is 0 Å². The number of amides is 1. The molecule has 1 aromatic rings. The first-order valence-corrected chi connectivity index (χ1v) is 7.98. The van der Waals surface area contributed by atoms with Crippen molar-refractivity contribution in [2.24, 2.45) is 5.73 Å². The van der Waals surface area contributed by atoms with Crippen LogP contribution < -0.4 is 11.1 Å². The number of carbonyl (C=O) groups excluding carboxylic acids is 2. The Morgan fingerprint density at radius 1 is 1.38 bits per heavy atom. The third-order valence-corrected chi connectivity index (χ3v) is 3.96. The van der Waals surface area contributed by atoms with E-state index in [4.69, 9.17) is 17.3 Å². The number of thioether (sulfide) groups is 1. The Morgan fingerprint density at radius 2 is 2.05 bits per heavy atom. The van der Waals surface area contributed by atoms with Crippen molar-refractivity contribution in [1.82, 2.24) is 5.32 Å². The SMILES string of the molecule is COC(=O)C(N)CCSCC(=O)NCc1ccc(Cl)cc1. The van der Waals surface area contributed by atoms with Crippen LogP contribution in [0.1, 0.15) is 12.0 Å². The molecule has 1 aromatic carbocycles. The van der Waals surface area contributed by atoms with Crippen LogP contribution in [0, 0.1) is 0 Å². The van der Waals surface area contributed by atoms with Gasteiger partial charge in [-0.2, -0.15) is 11.8 Å². The largest absolute Gasteiger partial charge is 0.468 e. The van der Waals surface area contributed by atoms with Crippen molar-refractivity contribution in [3.63, 3.8) is 0 Å². The molecule has 0 aromatic heterocycles. The molecule has 0 bridgehead atoms. The van der Waals surface area contributed by atoms with E-state index in [1.54, 1.807) is 12.1 Å². The summed E-state index contributed by atoms with van der Waals surface area (Å²) in [5.74, 6) is 0.482. The van der Waals surface area contributed by atoms with E-state index >= 15 is 0 Å². The second-order valence-corrected chi connectivity index (χ2v) is 5.92. The molecule has 0 saturated carbocycles.